The minimum absolute atomic E-state index is 0.0470. The van der Waals surface area contributed by atoms with Crippen molar-refractivity contribution in [1.82, 2.24) is 29.3 Å². The molecular weight excluding hydrogens is 482 g/mol. The van der Waals surface area contributed by atoms with Crippen LogP contribution in [0.1, 0.15) is 23.5 Å². The van der Waals surface area contributed by atoms with Gasteiger partial charge in [-0.05, 0) is 6.92 Å². The number of aromatic nitrogens is 6. The van der Waals surface area contributed by atoms with Crippen LogP contribution in [0.4, 0.5) is 5.82 Å². The van der Waals surface area contributed by atoms with E-state index < -0.39 is 48.7 Å². The lowest BCUT2D eigenvalue weighted by atomic mass is 10.1. The first-order valence-electron chi connectivity index (χ1n) is 10.5. The molecule has 1 aliphatic rings. The van der Waals surface area contributed by atoms with E-state index in [-0.39, 0.29) is 41.4 Å². The average Bonchev–Trinajstić information content (AvgIpc) is 3.58. The molecule has 3 aromatic rings. The van der Waals surface area contributed by atoms with Crippen LogP contribution >= 0.6 is 0 Å². The molecule has 4 atom stereocenters. The van der Waals surface area contributed by atoms with Gasteiger partial charge in [0, 0.05) is 12.4 Å². The molecule has 0 radical (unpaired) electrons. The van der Waals surface area contributed by atoms with Gasteiger partial charge in [-0.15, -0.1) is 0 Å². The van der Waals surface area contributed by atoms with Crippen LogP contribution in [0.5, 0.6) is 0 Å². The molecule has 0 unspecified atom stereocenters. The number of hydrogen-bond donors (Lipinski definition) is 5. The van der Waals surface area contributed by atoms with E-state index in [1.165, 1.54) is 23.3 Å². The molecule has 190 valence electrons. The predicted molar refractivity (Wildman–Crippen MR) is 117 cm³/mol. The lowest BCUT2D eigenvalue weighted by Gasteiger charge is -2.17. The van der Waals surface area contributed by atoms with E-state index in [2.05, 4.69) is 25.4 Å². The highest BCUT2D eigenvalue weighted by atomic mass is 16.6. The van der Waals surface area contributed by atoms with Crippen molar-refractivity contribution in [3.8, 4) is 5.95 Å². The topological polar surface area (TPSA) is 224 Å². The molecule has 4 heterocycles. The number of aliphatic hydroxyl groups is 3. The van der Waals surface area contributed by atoms with Gasteiger partial charge in [0.1, 0.15) is 23.9 Å². The average molecular weight is 503 g/mol. The summed E-state index contributed by atoms with van der Waals surface area (Å²) in [6, 6.07) is 0. The van der Waals surface area contributed by atoms with Crippen LogP contribution in [-0.2, 0) is 19.1 Å². The monoisotopic (exact) mass is 503 g/mol. The summed E-state index contributed by atoms with van der Waals surface area (Å²) in [6.07, 6.45) is -0.268. The Hall–Kier alpha value is -4.25. The van der Waals surface area contributed by atoms with Gasteiger partial charge in [0.25, 0.3) is 5.95 Å². The maximum atomic E-state index is 12.0. The van der Waals surface area contributed by atoms with E-state index in [1.54, 1.807) is 6.92 Å². The van der Waals surface area contributed by atoms with Gasteiger partial charge >= 0.3 is 11.9 Å². The van der Waals surface area contributed by atoms with Gasteiger partial charge in [0.15, 0.2) is 29.5 Å². The number of rotatable bonds is 9. The van der Waals surface area contributed by atoms with Crippen molar-refractivity contribution < 1.29 is 44.3 Å². The molecule has 1 saturated heterocycles. The second kappa shape index (κ2) is 10.2. The Morgan fingerprint density at radius 2 is 2.06 bits per heavy atom. The van der Waals surface area contributed by atoms with E-state index in [1.807, 2.05) is 0 Å². The third-order valence-electron chi connectivity index (χ3n) is 5.24. The Morgan fingerprint density at radius 1 is 1.28 bits per heavy atom. The zero-order valence-corrected chi connectivity index (χ0v) is 18.6. The van der Waals surface area contributed by atoms with E-state index in [0.717, 1.165) is 10.9 Å². The number of aldehydes is 1. The SMILES string of the molecule is CCOC(=O)c1cnn(-c2nc(N/C=C(\C=O)C(=O)O)c3ncn([C@@H]4O[C@H](CO)[C@@H](O)[C@@H]4O)c3n2)c1. The molecular formula is C20H21N7O9. The Morgan fingerprint density at radius 3 is 2.69 bits per heavy atom. The van der Waals surface area contributed by atoms with Crippen molar-refractivity contribution in [2.75, 3.05) is 18.5 Å². The summed E-state index contributed by atoms with van der Waals surface area (Å²) in [5, 5.41) is 45.8. The highest BCUT2D eigenvalue weighted by molar-refractivity contribution is 6.07. The largest absolute Gasteiger partial charge is 0.478 e. The van der Waals surface area contributed by atoms with E-state index in [0.29, 0.717) is 0 Å². The number of esters is 1. The second-order valence-electron chi connectivity index (χ2n) is 7.49. The normalized spacial score (nSPS) is 22.1. The number of ether oxygens (including phenoxy) is 2. The summed E-state index contributed by atoms with van der Waals surface area (Å²) in [5.41, 5.74) is -0.348. The number of carboxylic acids is 1. The van der Waals surface area contributed by atoms with Crippen molar-refractivity contribution in [3.05, 3.63) is 36.1 Å². The molecule has 1 aliphatic heterocycles. The number of aliphatic hydroxyl groups excluding tert-OH is 3. The number of nitrogens with one attached hydrogen (secondary N) is 1. The molecule has 3 aromatic heterocycles. The number of aliphatic carboxylic acids is 1. The van der Waals surface area contributed by atoms with Crippen LogP contribution in [0.25, 0.3) is 17.1 Å². The van der Waals surface area contributed by atoms with Crippen LogP contribution in [0.15, 0.2) is 30.5 Å². The predicted octanol–water partition coefficient (Wildman–Crippen LogP) is -1.62. The summed E-state index contributed by atoms with van der Waals surface area (Å²) in [4.78, 5) is 47.1. The third-order valence-corrected chi connectivity index (χ3v) is 5.24. The van der Waals surface area contributed by atoms with Gasteiger partial charge in [-0.3, -0.25) is 9.36 Å². The van der Waals surface area contributed by atoms with Crippen molar-refractivity contribution in [2.24, 2.45) is 0 Å². The van der Waals surface area contributed by atoms with Gasteiger partial charge < -0.3 is 35.2 Å². The minimum atomic E-state index is -1.48. The number of fused-ring (bicyclic) bond motifs is 1. The molecule has 0 bridgehead atoms. The number of imidazole rings is 1. The lowest BCUT2D eigenvalue weighted by Crippen LogP contribution is -2.33. The quantitative estimate of drug-likeness (QED) is 0.0727. The van der Waals surface area contributed by atoms with E-state index in [9.17, 15) is 29.7 Å². The van der Waals surface area contributed by atoms with E-state index >= 15 is 0 Å². The number of hydrogen-bond acceptors (Lipinski definition) is 13. The van der Waals surface area contributed by atoms with Crippen LogP contribution in [0, 0.1) is 0 Å². The van der Waals surface area contributed by atoms with Gasteiger partial charge in [0.2, 0.25) is 0 Å². The molecule has 36 heavy (non-hydrogen) atoms. The molecule has 1 fully saturated rings. The smallest absolute Gasteiger partial charge is 0.341 e. The summed E-state index contributed by atoms with van der Waals surface area (Å²) >= 11 is 0. The zero-order chi connectivity index (χ0) is 26.0. The Labute approximate surface area is 201 Å². The maximum absolute atomic E-state index is 12.0. The first-order chi connectivity index (χ1) is 17.3. The van der Waals surface area contributed by atoms with Gasteiger partial charge in [0.05, 0.1) is 31.3 Å². The van der Waals surface area contributed by atoms with E-state index in [4.69, 9.17) is 14.6 Å². The number of nitrogens with zero attached hydrogens (tertiary/aromatic N) is 6. The summed E-state index contributed by atoms with van der Waals surface area (Å²) in [7, 11) is 0. The summed E-state index contributed by atoms with van der Waals surface area (Å²) in [6.45, 7) is 1.25. The van der Waals surface area contributed by atoms with Crippen LogP contribution in [0.2, 0.25) is 0 Å². The fourth-order valence-electron chi connectivity index (χ4n) is 3.45. The minimum Gasteiger partial charge on any atom is -0.478 e. The third kappa shape index (κ3) is 4.52. The molecule has 5 N–H and O–H groups in total. The van der Waals surface area contributed by atoms with Crippen LogP contribution < -0.4 is 5.32 Å². The highest BCUT2D eigenvalue weighted by Gasteiger charge is 2.44. The van der Waals surface area contributed by atoms with Crippen molar-refractivity contribution in [3.63, 3.8) is 0 Å². The molecule has 0 aliphatic carbocycles. The number of anilines is 1. The highest BCUT2D eigenvalue weighted by Crippen LogP contribution is 2.32. The zero-order valence-electron chi connectivity index (χ0n) is 18.6. The number of carbonyl (C=O) groups is 3. The first kappa shape index (κ1) is 24.9. The molecule has 4 rings (SSSR count). The fraction of sp³-hybridized carbons (Fsp3) is 0.350. The molecule has 0 amide bonds. The Kier molecular flexibility index (Phi) is 7.02. The summed E-state index contributed by atoms with van der Waals surface area (Å²) in [5.74, 6) is -2.26. The molecule has 0 saturated carbocycles. The van der Waals surface area contributed by atoms with Gasteiger partial charge in [-0.25, -0.2) is 19.3 Å². The fourth-order valence-corrected chi connectivity index (χ4v) is 3.45. The van der Waals surface area contributed by atoms with Crippen molar-refractivity contribution in [2.45, 2.75) is 31.5 Å². The van der Waals surface area contributed by atoms with Crippen LogP contribution in [-0.4, -0.2) is 99.5 Å². The second-order valence-corrected chi connectivity index (χ2v) is 7.49. The molecule has 16 heteroatoms. The van der Waals surface area contributed by atoms with Gasteiger partial charge in [-0.2, -0.15) is 15.1 Å². The standard InChI is InChI=1S/C20H21N7O9/c1-2-35-19(34)9-4-23-27(5-9)20-24-15(21-3-10(6-28)18(32)33)12-16(25-20)26(8-22-12)17-14(31)13(30)11(7-29)36-17/h3-6,8,11,13-14,17,29-31H,2,7H2,1H3,(H,32,33)(H,21,24,25)/b10-3+/t11-,13-,14+,17-/m1/s1. The first-order valence-corrected chi connectivity index (χ1v) is 10.5. The van der Waals surface area contributed by atoms with Crippen LogP contribution in [0.3, 0.4) is 0 Å². The Balaban J connectivity index is 1.83. The van der Waals surface area contributed by atoms with Crippen molar-refractivity contribution in [1.29, 1.82) is 0 Å². The lowest BCUT2D eigenvalue weighted by molar-refractivity contribution is -0.133. The Bertz CT molecular complexity index is 1330. The molecule has 0 aromatic carbocycles. The number of carbonyl (C=O) groups excluding carboxylic acids is 2. The van der Waals surface area contributed by atoms with Gasteiger partial charge in [-0.1, -0.05) is 0 Å². The molecule has 0 spiro atoms. The number of carboxylic acid groups (broad SMARTS) is 1. The van der Waals surface area contributed by atoms with Crippen molar-refractivity contribution >= 4 is 35.2 Å². The maximum Gasteiger partial charge on any atom is 0.341 e. The summed E-state index contributed by atoms with van der Waals surface area (Å²) < 4.78 is 12.9. The molecule has 16 nitrogen and oxygen atoms in total.